The Morgan fingerprint density at radius 1 is 0.789 bits per heavy atom. The number of likely N-dealkylation sites (tertiary alicyclic amines) is 2. The molecular formula is C17H36N2. The summed E-state index contributed by atoms with van der Waals surface area (Å²) in [5.74, 6) is 0.935. The van der Waals surface area contributed by atoms with Crippen molar-refractivity contribution in [3.63, 3.8) is 0 Å². The molecule has 0 aromatic carbocycles. The van der Waals surface area contributed by atoms with Crippen LogP contribution in [0.5, 0.6) is 0 Å². The molecule has 0 N–H and O–H groups in total. The van der Waals surface area contributed by atoms with Gasteiger partial charge in [-0.1, -0.05) is 34.6 Å². The lowest BCUT2D eigenvalue weighted by atomic mass is 9.75. The van der Waals surface area contributed by atoms with Crippen molar-refractivity contribution < 1.29 is 0 Å². The first-order valence-corrected chi connectivity index (χ1v) is 8.39. The maximum atomic E-state index is 2.77. The Kier molecular flexibility index (Phi) is 6.82. The van der Waals surface area contributed by atoms with Crippen molar-refractivity contribution in [2.45, 2.75) is 66.3 Å². The molecule has 2 heterocycles. The van der Waals surface area contributed by atoms with E-state index in [2.05, 4.69) is 37.6 Å². The molecule has 2 aliphatic heterocycles. The van der Waals surface area contributed by atoms with Crippen LogP contribution in [-0.2, 0) is 0 Å². The average Bonchev–Trinajstić information content (AvgIpc) is 2.41. The largest absolute Gasteiger partial charge is 0.306 e. The van der Waals surface area contributed by atoms with Crippen molar-refractivity contribution in [1.29, 1.82) is 0 Å². The zero-order chi connectivity index (χ0) is 14.5. The highest BCUT2D eigenvalue weighted by Crippen LogP contribution is 2.35. The Balaban J connectivity index is 0.000000861. The highest BCUT2D eigenvalue weighted by atomic mass is 15.2. The Morgan fingerprint density at radius 3 is 1.68 bits per heavy atom. The van der Waals surface area contributed by atoms with E-state index < -0.39 is 0 Å². The summed E-state index contributed by atoms with van der Waals surface area (Å²) in [6.07, 6.45) is 5.60. The van der Waals surface area contributed by atoms with E-state index in [9.17, 15) is 0 Å². The van der Waals surface area contributed by atoms with E-state index in [0.717, 1.165) is 12.0 Å². The van der Waals surface area contributed by atoms with Crippen molar-refractivity contribution in [1.82, 2.24) is 9.80 Å². The van der Waals surface area contributed by atoms with Gasteiger partial charge in [-0.3, -0.25) is 0 Å². The summed E-state index contributed by atoms with van der Waals surface area (Å²) in [6, 6.07) is 0.882. The lowest BCUT2D eigenvalue weighted by Gasteiger charge is -2.44. The minimum absolute atomic E-state index is 0.513. The number of rotatable bonds is 1. The van der Waals surface area contributed by atoms with Gasteiger partial charge in [0.1, 0.15) is 0 Å². The van der Waals surface area contributed by atoms with Crippen LogP contribution < -0.4 is 0 Å². The summed E-state index contributed by atoms with van der Waals surface area (Å²) in [5.41, 5.74) is 0.513. The molecule has 0 spiro atoms. The SMILES string of the molecule is CC.CN1CCC(N2CCC(C(C)(C)C)CC2)CC1. The fourth-order valence-electron chi connectivity index (χ4n) is 3.49. The van der Waals surface area contributed by atoms with Crippen molar-refractivity contribution in [3.8, 4) is 0 Å². The van der Waals surface area contributed by atoms with Gasteiger partial charge in [-0.2, -0.15) is 0 Å². The van der Waals surface area contributed by atoms with E-state index in [-0.39, 0.29) is 0 Å². The highest BCUT2D eigenvalue weighted by Gasteiger charge is 2.31. The maximum Gasteiger partial charge on any atom is 0.0120 e. The predicted octanol–water partition coefficient (Wildman–Crippen LogP) is 3.86. The summed E-state index contributed by atoms with van der Waals surface area (Å²) in [4.78, 5) is 5.24. The predicted molar refractivity (Wildman–Crippen MR) is 85.6 cm³/mol. The van der Waals surface area contributed by atoms with Crippen molar-refractivity contribution >= 4 is 0 Å². The summed E-state index contributed by atoms with van der Waals surface area (Å²) in [5, 5.41) is 0. The lowest BCUT2D eigenvalue weighted by molar-refractivity contribution is 0.0566. The highest BCUT2D eigenvalue weighted by molar-refractivity contribution is 4.85. The summed E-state index contributed by atoms with van der Waals surface area (Å²) in [7, 11) is 2.25. The first-order chi connectivity index (χ1) is 8.97. The molecule has 0 aliphatic carbocycles. The molecule has 2 heteroatoms. The summed E-state index contributed by atoms with van der Waals surface area (Å²) < 4.78 is 0. The van der Waals surface area contributed by atoms with Crippen LogP contribution in [0.1, 0.15) is 60.3 Å². The van der Waals surface area contributed by atoms with Gasteiger partial charge in [0, 0.05) is 6.04 Å². The standard InChI is InChI=1S/C15H30N2.C2H6/c1-15(2,3)13-5-11-17(12-6-13)14-7-9-16(4)10-8-14;1-2/h13-14H,5-12H2,1-4H3;1-2H3. The van der Waals surface area contributed by atoms with Gasteiger partial charge >= 0.3 is 0 Å². The van der Waals surface area contributed by atoms with Crippen LogP contribution in [0.2, 0.25) is 0 Å². The van der Waals surface area contributed by atoms with Crippen LogP contribution in [0.4, 0.5) is 0 Å². The molecule has 0 radical (unpaired) electrons. The van der Waals surface area contributed by atoms with Crippen molar-refractivity contribution in [2.24, 2.45) is 11.3 Å². The van der Waals surface area contributed by atoms with E-state index in [1.165, 1.54) is 51.9 Å². The molecule has 0 aromatic heterocycles. The van der Waals surface area contributed by atoms with E-state index in [0.29, 0.717) is 5.41 Å². The molecule has 2 nitrogen and oxygen atoms in total. The monoisotopic (exact) mass is 268 g/mol. The van der Waals surface area contributed by atoms with Gasteiger partial charge in [-0.15, -0.1) is 0 Å². The molecule has 0 bridgehead atoms. The molecule has 114 valence electrons. The molecule has 0 amide bonds. The Morgan fingerprint density at radius 2 is 1.26 bits per heavy atom. The molecule has 2 fully saturated rings. The van der Waals surface area contributed by atoms with E-state index >= 15 is 0 Å². The minimum atomic E-state index is 0.513. The molecule has 0 unspecified atom stereocenters. The first kappa shape index (κ1) is 17.0. The Hall–Kier alpha value is -0.0800. The number of hydrogen-bond acceptors (Lipinski definition) is 2. The first-order valence-electron chi connectivity index (χ1n) is 8.39. The summed E-state index contributed by atoms with van der Waals surface area (Å²) >= 11 is 0. The second-order valence-electron chi connectivity index (χ2n) is 7.21. The van der Waals surface area contributed by atoms with E-state index in [4.69, 9.17) is 0 Å². The van der Waals surface area contributed by atoms with Crippen LogP contribution in [0.3, 0.4) is 0 Å². The number of nitrogens with zero attached hydrogens (tertiary/aromatic N) is 2. The van der Waals surface area contributed by atoms with Crippen LogP contribution in [-0.4, -0.2) is 49.1 Å². The molecule has 2 rings (SSSR count). The van der Waals surface area contributed by atoms with Crippen molar-refractivity contribution in [3.05, 3.63) is 0 Å². The third-order valence-corrected chi connectivity index (χ3v) is 4.96. The summed E-state index contributed by atoms with van der Waals surface area (Å²) in [6.45, 7) is 16.5. The quantitative estimate of drug-likeness (QED) is 0.712. The van der Waals surface area contributed by atoms with Gasteiger partial charge in [0.15, 0.2) is 0 Å². The van der Waals surface area contributed by atoms with Gasteiger partial charge in [0.05, 0.1) is 0 Å². The van der Waals surface area contributed by atoms with E-state index in [1.807, 2.05) is 13.8 Å². The van der Waals surface area contributed by atoms with Crippen LogP contribution in [0.15, 0.2) is 0 Å². The molecule has 0 saturated carbocycles. The molecular weight excluding hydrogens is 232 g/mol. The average molecular weight is 268 g/mol. The van der Waals surface area contributed by atoms with E-state index in [1.54, 1.807) is 0 Å². The number of piperidine rings is 2. The fourth-order valence-corrected chi connectivity index (χ4v) is 3.49. The lowest BCUT2D eigenvalue weighted by Crippen LogP contribution is -2.48. The zero-order valence-corrected chi connectivity index (χ0v) is 14.2. The molecule has 0 atom stereocenters. The maximum absolute atomic E-state index is 2.77. The van der Waals surface area contributed by atoms with Crippen LogP contribution in [0.25, 0.3) is 0 Å². The van der Waals surface area contributed by atoms with Gasteiger partial charge in [0.2, 0.25) is 0 Å². The van der Waals surface area contributed by atoms with Gasteiger partial charge in [0.25, 0.3) is 0 Å². The van der Waals surface area contributed by atoms with Gasteiger partial charge in [-0.25, -0.2) is 0 Å². The van der Waals surface area contributed by atoms with Crippen molar-refractivity contribution in [2.75, 3.05) is 33.2 Å². The van der Waals surface area contributed by atoms with Crippen LogP contribution >= 0.6 is 0 Å². The normalized spacial score (nSPS) is 24.9. The second-order valence-corrected chi connectivity index (χ2v) is 7.21. The molecule has 19 heavy (non-hydrogen) atoms. The number of hydrogen-bond donors (Lipinski definition) is 0. The smallest absolute Gasteiger partial charge is 0.0120 e. The third-order valence-electron chi connectivity index (χ3n) is 4.96. The third kappa shape index (κ3) is 5.07. The van der Waals surface area contributed by atoms with Gasteiger partial charge in [-0.05, 0) is 70.2 Å². The molecule has 2 aliphatic rings. The molecule has 0 aromatic rings. The zero-order valence-electron chi connectivity index (χ0n) is 14.2. The molecule has 2 saturated heterocycles. The topological polar surface area (TPSA) is 6.48 Å². The fraction of sp³-hybridized carbons (Fsp3) is 1.00. The van der Waals surface area contributed by atoms with Crippen LogP contribution in [0, 0.1) is 11.3 Å². The Bertz CT molecular complexity index is 228. The minimum Gasteiger partial charge on any atom is -0.306 e. The second kappa shape index (κ2) is 7.64. The van der Waals surface area contributed by atoms with Gasteiger partial charge < -0.3 is 9.80 Å². The Labute approximate surface area is 121 Å².